The first-order valence-corrected chi connectivity index (χ1v) is 8.90. The zero-order valence-electron chi connectivity index (χ0n) is 15.5. The van der Waals surface area contributed by atoms with Gasteiger partial charge in [-0.15, -0.1) is 0 Å². The molecular weight excluding hydrogens is 364 g/mol. The van der Waals surface area contributed by atoms with Crippen LogP contribution in [0.1, 0.15) is 17.2 Å². The van der Waals surface area contributed by atoms with Gasteiger partial charge >= 0.3 is 11.7 Å². The standard InChI is InChI=1S/C19H22N4O5/c1-27-19(24)13-28-18-3-2-14(10-16(18)23(25)26)12-22-9-8-21-11-17(22)15-4-6-20-7-5-15/h2-7,10,17,21H,8-9,11-13H2,1H3. The van der Waals surface area contributed by atoms with Crippen molar-refractivity contribution >= 4 is 11.7 Å². The lowest BCUT2D eigenvalue weighted by Crippen LogP contribution is -2.45. The maximum atomic E-state index is 11.4. The first kappa shape index (κ1) is 19.7. The number of nitro groups is 1. The summed E-state index contributed by atoms with van der Waals surface area (Å²) >= 11 is 0. The van der Waals surface area contributed by atoms with Crippen molar-refractivity contribution in [3.05, 3.63) is 64.0 Å². The van der Waals surface area contributed by atoms with Gasteiger partial charge in [0.15, 0.2) is 12.4 Å². The first-order valence-electron chi connectivity index (χ1n) is 8.90. The molecule has 1 aromatic heterocycles. The number of carbonyl (C=O) groups is 1. The highest BCUT2D eigenvalue weighted by Crippen LogP contribution is 2.30. The van der Waals surface area contributed by atoms with Gasteiger partial charge in [0.05, 0.1) is 12.0 Å². The van der Waals surface area contributed by atoms with E-state index in [1.165, 1.54) is 19.2 Å². The van der Waals surface area contributed by atoms with Gasteiger partial charge in [-0.1, -0.05) is 6.07 Å². The molecule has 1 fully saturated rings. The Bertz CT molecular complexity index is 830. The number of pyridine rings is 1. The van der Waals surface area contributed by atoms with E-state index in [1.807, 2.05) is 12.1 Å². The lowest BCUT2D eigenvalue weighted by molar-refractivity contribution is -0.385. The van der Waals surface area contributed by atoms with Gasteiger partial charge in [-0.25, -0.2) is 4.79 Å². The van der Waals surface area contributed by atoms with E-state index in [0.717, 1.165) is 30.8 Å². The van der Waals surface area contributed by atoms with Gasteiger partial charge in [-0.05, 0) is 29.3 Å². The minimum atomic E-state index is -0.598. The third-order valence-electron chi connectivity index (χ3n) is 4.62. The molecule has 0 saturated carbocycles. The first-order chi connectivity index (χ1) is 13.6. The van der Waals surface area contributed by atoms with Crippen molar-refractivity contribution in [2.24, 2.45) is 0 Å². The molecule has 1 atom stereocenters. The van der Waals surface area contributed by atoms with Crippen LogP contribution >= 0.6 is 0 Å². The molecule has 28 heavy (non-hydrogen) atoms. The SMILES string of the molecule is COC(=O)COc1ccc(CN2CCNCC2c2ccncc2)cc1[N+](=O)[O-]. The summed E-state index contributed by atoms with van der Waals surface area (Å²) in [4.78, 5) is 28.5. The number of carbonyl (C=O) groups excluding carboxylic acids is 1. The van der Waals surface area contributed by atoms with Crippen LogP contribution < -0.4 is 10.1 Å². The summed E-state index contributed by atoms with van der Waals surface area (Å²) in [5.41, 5.74) is 1.78. The van der Waals surface area contributed by atoms with Gasteiger partial charge in [0.1, 0.15) is 0 Å². The lowest BCUT2D eigenvalue weighted by Gasteiger charge is -2.36. The average molecular weight is 386 g/mol. The molecule has 0 spiro atoms. The van der Waals surface area contributed by atoms with Crippen molar-refractivity contribution in [2.75, 3.05) is 33.4 Å². The highest BCUT2D eigenvalue weighted by Gasteiger charge is 2.25. The van der Waals surface area contributed by atoms with E-state index in [1.54, 1.807) is 18.5 Å². The minimum Gasteiger partial charge on any atom is -0.475 e. The molecule has 0 aliphatic carbocycles. The molecule has 1 saturated heterocycles. The summed E-state index contributed by atoms with van der Waals surface area (Å²) in [7, 11) is 1.23. The number of nitro benzene ring substituents is 1. The molecule has 3 rings (SSSR count). The van der Waals surface area contributed by atoms with Gasteiger partial charge in [0, 0.05) is 50.7 Å². The smallest absolute Gasteiger partial charge is 0.343 e. The van der Waals surface area contributed by atoms with Gasteiger partial charge < -0.3 is 14.8 Å². The Morgan fingerprint density at radius 1 is 1.36 bits per heavy atom. The summed E-state index contributed by atoms with van der Waals surface area (Å²) in [6.07, 6.45) is 3.53. The Labute approximate surface area is 162 Å². The average Bonchev–Trinajstić information content (AvgIpc) is 2.73. The summed E-state index contributed by atoms with van der Waals surface area (Å²) in [6, 6.07) is 8.93. The normalized spacial score (nSPS) is 17.1. The number of ether oxygens (including phenoxy) is 2. The molecule has 2 heterocycles. The number of rotatable bonds is 7. The van der Waals surface area contributed by atoms with Crippen LogP contribution in [-0.4, -0.2) is 54.1 Å². The Balaban J connectivity index is 1.78. The molecule has 1 aliphatic heterocycles. The predicted octanol–water partition coefficient (Wildman–Crippen LogP) is 1.69. The van der Waals surface area contributed by atoms with Gasteiger partial charge in [-0.3, -0.25) is 20.0 Å². The number of methoxy groups -OCH3 is 1. The van der Waals surface area contributed by atoms with E-state index in [0.29, 0.717) is 6.54 Å². The Hall–Kier alpha value is -3.04. The highest BCUT2D eigenvalue weighted by molar-refractivity contribution is 5.71. The molecule has 0 radical (unpaired) electrons. The molecule has 9 nitrogen and oxygen atoms in total. The van der Waals surface area contributed by atoms with Crippen LogP contribution in [0.3, 0.4) is 0 Å². The van der Waals surface area contributed by atoms with Gasteiger partial charge in [0.25, 0.3) is 0 Å². The zero-order valence-corrected chi connectivity index (χ0v) is 15.5. The zero-order chi connectivity index (χ0) is 19.9. The van der Waals surface area contributed by atoms with E-state index in [2.05, 4.69) is 19.9 Å². The molecule has 1 unspecified atom stereocenters. The fourth-order valence-corrected chi connectivity index (χ4v) is 3.21. The molecule has 1 N–H and O–H groups in total. The van der Waals surface area contributed by atoms with Gasteiger partial charge in [-0.2, -0.15) is 0 Å². The Morgan fingerprint density at radius 3 is 2.86 bits per heavy atom. The van der Waals surface area contributed by atoms with E-state index in [9.17, 15) is 14.9 Å². The third kappa shape index (κ3) is 4.81. The van der Waals surface area contributed by atoms with Gasteiger partial charge in [0.2, 0.25) is 0 Å². The summed E-state index contributed by atoms with van der Waals surface area (Å²) in [6.45, 7) is 2.66. The van der Waals surface area contributed by atoms with Crippen molar-refractivity contribution in [3.63, 3.8) is 0 Å². The van der Waals surface area contributed by atoms with Crippen LogP contribution in [-0.2, 0) is 16.1 Å². The molecular formula is C19H22N4O5. The molecule has 0 amide bonds. The van der Waals surface area contributed by atoms with Crippen LogP contribution in [0.4, 0.5) is 5.69 Å². The van der Waals surface area contributed by atoms with Crippen molar-refractivity contribution in [3.8, 4) is 5.75 Å². The topological polar surface area (TPSA) is 107 Å². The molecule has 148 valence electrons. The van der Waals surface area contributed by atoms with Crippen LogP contribution in [0.2, 0.25) is 0 Å². The van der Waals surface area contributed by atoms with Crippen LogP contribution in [0, 0.1) is 10.1 Å². The number of esters is 1. The Kier molecular flexibility index (Phi) is 6.51. The van der Waals surface area contributed by atoms with Crippen molar-refractivity contribution < 1.29 is 19.2 Å². The maximum Gasteiger partial charge on any atom is 0.343 e. The van der Waals surface area contributed by atoms with Crippen molar-refractivity contribution in [2.45, 2.75) is 12.6 Å². The van der Waals surface area contributed by atoms with Crippen molar-refractivity contribution in [1.29, 1.82) is 0 Å². The van der Waals surface area contributed by atoms with Crippen LogP contribution in [0.5, 0.6) is 5.75 Å². The van der Waals surface area contributed by atoms with E-state index < -0.39 is 10.9 Å². The number of piperazine rings is 1. The molecule has 0 bridgehead atoms. The third-order valence-corrected chi connectivity index (χ3v) is 4.62. The lowest BCUT2D eigenvalue weighted by atomic mass is 10.0. The monoisotopic (exact) mass is 386 g/mol. The van der Waals surface area contributed by atoms with E-state index in [4.69, 9.17) is 4.74 Å². The van der Waals surface area contributed by atoms with E-state index >= 15 is 0 Å². The summed E-state index contributed by atoms with van der Waals surface area (Å²) < 4.78 is 9.74. The molecule has 9 heteroatoms. The molecule has 2 aromatic rings. The summed E-state index contributed by atoms with van der Waals surface area (Å²) in [5.74, 6) is -0.551. The fourth-order valence-electron chi connectivity index (χ4n) is 3.21. The number of nitrogens with zero attached hydrogens (tertiary/aromatic N) is 3. The minimum absolute atomic E-state index is 0.0464. The highest BCUT2D eigenvalue weighted by atomic mass is 16.6. The molecule has 1 aliphatic rings. The molecule has 1 aromatic carbocycles. The number of benzene rings is 1. The fraction of sp³-hybridized carbons (Fsp3) is 0.368. The Morgan fingerprint density at radius 2 is 2.14 bits per heavy atom. The largest absolute Gasteiger partial charge is 0.475 e. The maximum absolute atomic E-state index is 11.4. The van der Waals surface area contributed by atoms with Crippen LogP contribution in [0.25, 0.3) is 0 Å². The summed E-state index contributed by atoms with van der Waals surface area (Å²) in [5, 5.41) is 14.8. The second-order valence-corrected chi connectivity index (χ2v) is 6.39. The van der Waals surface area contributed by atoms with E-state index in [-0.39, 0.29) is 24.1 Å². The van der Waals surface area contributed by atoms with Crippen molar-refractivity contribution in [1.82, 2.24) is 15.2 Å². The number of hydrogen-bond donors (Lipinski definition) is 1. The second kappa shape index (κ2) is 9.25. The quantitative estimate of drug-likeness (QED) is 0.435. The predicted molar refractivity (Wildman–Crippen MR) is 101 cm³/mol. The second-order valence-electron chi connectivity index (χ2n) is 6.39. The number of aromatic nitrogens is 1. The number of nitrogens with one attached hydrogen (secondary N) is 1. The van der Waals surface area contributed by atoms with Crippen LogP contribution in [0.15, 0.2) is 42.7 Å². The number of hydrogen-bond acceptors (Lipinski definition) is 8.